The summed E-state index contributed by atoms with van der Waals surface area (Å²) in [6.45, 7) is 0. The zero-order valence-electron chi connectivity index (χ0n) is 6.84. The van der Waals surface area contributed by atoms with Crippen LogP contribution in [0, 0.1) is 0 Å². The van der Waals surface area contributed by atoms with E-state index in [0.717, 1.165) is 0 Å². The van der Waals surface area contributed by atoms with Crippen LogP contribution >= 0.6 is 12.4 Å². The molecule has 0 heterocycles. The Morgan fingerprint density at radius 2 is 1.06 bits per heavy atom. The summed E-state index contributed by atoms with van der Waals surface area (Å²) >= 11 is 0. The van der Waals surface area contributed by atoms with Crippen molar-refractivity contribution in [3.63, 3.8) is 0 Å². The van der Waals surface area contributed by atoms with Gasteiger partial charge in [0, 0.05) is 0 Å². The van der Waals surface area contributed by atoms with Crippen molar-refractivity contribution in [1.29, 1.82) is 0 Å². The Balaban J connectivity index is -0.000000120. The predicted octanol–water partition coefficient (Wildman–Crippen LogP) is -2.77. The minimum atomic E-state index is -2.74. The van der Waals surface area contributed by atoms with Crippen molar-refractivity contribution in [2.24, 2.45) is 0 Å². The summed E-state index contributed by atoms with van der Waals surface area (Å²) in [5.74, 6) is -5.02. The number of hydrogen-bond acceptors (Lipinski definition) is 4. The molecule has 11 heteroatoms. The standard InChI is InChI=1S/C6H8O7.ClH.3K.3H/c7-3(8)1-6(13,5(11)12)2-4(9)10;;;;;;;/h13H,1-2H2,(H,7,8)(H,9,10)(H,11,12);1H;;;;;;. The Bertz CT molecular complexity index is 244. The van der Waals surface area contributed by atoms with Crippen LogP contribution in [0.25, 0.3) is 0 Å². The van der Waals surface area contributed by atoms with Gasteiger partial charge in [-0.25, -0.2) is 4.79 Å². The Hall–Kier alpha value is 3.57. The van der Waals surface area contributed by atoms with Crippen molar-refractivity contribution < 1.29 is 34.8 Å². The van der Waals surface area contributed by atoms with Crippen LogP contribution in [0.15, 0.2) is 0 Å². The van der Waals surface area contributed by atoms with Gasteiger partial charge >= 0.3 is 172 Å². The van der Waals surface area contributed by atoms with Gasteiger partial charge in [0.15, 0.2) is 5.60 Å². The van der Waals surface area contributed by atoms with E-state index in [0.29, 0.717) is 0 Å². The van der Waals surface area contributed by atoms with Gasteiger partial charge in [-0.15, -0.1) is 12.4 Å². The first-order valence-electron chi connectivity index (χ1n) is 3.17. The topological polar surface area (TPSA) is 132 Å². The summed E-state index contributed by atoms with van der Waals surface area (Å²) in [6.07, 6.45) is -2.29. The zero-order chi connectivity index (χ0) is 10.6. The van der Waals surface area contributed by atoms with Crippen LogP contribution in [0.5, 0.6) is 0 Å². The maximum atomic E-state index is 10.3. The summed E-state index contributed by atoms with van der Waals surface area (Å²) in [5, 5.41) is 33.8. The van der Waals surface area contributed by atoms with Crippen LogP contribution in [0.2, 0.25) is 0 Å². The van der Waals surface area contributed by atoms with E-state index in [9.17, 15) is 14.4 Å². The van der Waals surface area contributed by atoms with Crippen molar-refractivity contribution in [3.05, 3.63) is 0 Å². The number of aliphatic carboxylic acids is 3. The van der Waals surface area contributed by atoms with Gasteiger partial charge in [0.25, 0.3) is 0 Å². The van der Waals surface area contributed by atoms with Gasteiger partial charge in [-0.2, -0.15) is 0 Å². The van der Waals surface area contributed by atoms with Gasteiger partial charge < -0.3 is 20.4 Å². The molecule has 0 aromatic carbocycles. The molecule has 0 aliphatic carbocycles. The summed E-state index contributed by atoms with van der Waals surface area (Å²) in [4.78, 5) is 30.5. The van der Waals surface area contributed by atoms with Crippen molar-refractivity contribution in [3.8, 4) is 0 Å². The van der Waals surface area contributed by atoms with E-state index in [2.05, 4.69) is 0 Å². The van der Waals surface area contributed by atoms with E-state index in [-0.39, 0.29) is 167 Å². The second-order valence-electron chi connectivity index (χ2n) is 2.48. The number of rotatable bonds is 5. The number of carboxylic acid groups (broad SMARTS) is 3. The molecule has 0 fully saturated rings. The normalized spacial score (nSPS) is 8.29. The number of halogens is 1. The van der Waals surface area contributed by atoms with E-state index < -0.39 is 36.4 Å². The summed E-state index contributed by atoms with van der Waals surface area (Å²) < 4.78 is 0. The third-order valence-corrected chi connectivity index (χ3v) is 1.29. The van der Waals surface area contributed by atoms with Crippen molar-refractivity contribution in [1.82, 2.24) is 0 Å². The van der Waals surface area contributed by atoms with Crippen molar-refractivity contribution >= 4 is 184 Å². The van der Waals surface area contributed by atoms with Crippen LogP contribution in [0.4, 0.5) is 0 Å². The molecule has 0 bridgehead atoms. The maximum absolute atomic E-state index is 10.3. The molecule has 4 N–H and O–H groups in total. The first-order chi connectivity index (χ1) is 5.78. The van der Waals surface area contributed by atoms with Crippen LogP contribution in [-0.4, -0.2) is 198 Å². The quantitative estimate of drug-likeness (QED) is 0.395. The van der Waals surface area contributed by atoms with Gasteiger partial charge in [0.05, 0.1) is 12.8 Å². The summed E-state index contributed by atoms with van der Waals surface area (Å²) in [5.41, 5.74) is -2.74. The second kappa shape index (κ2) is 15.9. The van der Waals surface area contributed by atoms with E-state index >= 15 is 0 Å². The zero-order valence-corrected chi connectivity index (χ0v) is 7.65. The van der Waals surface area contributed by atoms with E-state index in [1.807, 2.05) is 0 Å². The first kappa shape index (κ1) is 32.5. The first-order valence-corrected chi connectivity index (χ1v) is 3.17. The minimum absolute atomic E-state index is 0. The molecule has 0 amide bonds. The van der Waals surface area contributed by atoms with Crippen LogP contribution in [0.3, 0.4) is 0 Å². The van der Waals surface area contributed by atoms with Gasteiger partial charge in [-0.1, -0.05) is 0 Å². The van der Waals surface area contributed by atoms with Crippen molar-refractivity contribution in [2.75, 3.05) is 0 Å². The number of carboxylic acids is 3. The molecule has 88 valence electrons. The number of carbonyl (C=O) groups is 3. The Kier molecular flexibility index (Phi) is 30.5. The average Bonchev–Trinajstić information content (AvgIpc) is 1.82. The SMILES string of the molecule is Cl.O=C(O)CC(O)(CC(=O)O)C(=O)O.[KH].[KH].[KH]. The molecule has 7 nitrogen and oxygen atoms in total. The molecule has 0 aliphatic rings. The van der Waals surface area contributed by atoms with E-state index in [1.54, 1.807) is 0 Å². The second-order valence-corrected chi connectivity index (χ2v) is 2.48. The fourth-order valence-electron chi connectivity index (χ4n) is 0.714. The third kappa shape index (κ3) is 15.8. The molecule has 0 aromatic heterocycles. The van der Waals surface area contributed by atoms with Gasteiger partial charge in [0.2, 0.25) is 0 Å². The Morgan fingerprint density at radius 1 is 0.824 bits per heavy atom. The number of hydrogen-bond donors (Lipinski definition) is 4. The fraction of sp³-hybridized carbons (Fsp3) is 0.500. The third-order valence-electron chi connectivity index (χ3n) is 1.29. The van der Waals surface area contributed by atoms with Gasteiger partial charge in [-0.3, -0.25) is 9.59 Å². The van der Waals surface area contributed by atoms with Gasteiger partial charge in [-0.05, 0) is 0 Å². The molecule has 0 radical (unpaired) electrons. The predicted molar refractivity (Wildman–Crippen MR) is 65.8 cm³/mol. The number of aliphatic hydroxyl groups is 1. The summed E-state index contributed by atoms with van der Waals surface area (Å²) in [6, 6.07) is 0. The molecule has 0 aromatic rings. The monoisotopic (exact) mass is 348 g/mol. The van der Waals surface area contributed by atoms with Crippen LogP contribution in [-0.2, 0) is 14.4 Å². The summed E-state index contributed by atoms with van der Waals surface area (Å²) in [7, 11) is 0. The van der Waals surface area contributed by atoms with E-state index in [1.165, 1.54) is 0 Å². The molecule has 0 unspecified atom stereocenters. The van der Waals surface area contributed by atoms with E-state index in [4.69, 9.17) is 20.4 Å². The Morgan fingerprint density at radius 3 is 1.18 bits per heavy atom. The molecule has 0 atom stereocenters. The molecule has 0 rings (SSSR count). The fourth-order valence-corrected chi connectivity index (χ4v) is 0.714. The average molecular weight is 349 g/mol. The van der Waals surface area contributed by atoms with Crippen molar-refractivity contribution in [2.45, 2.75) is 18.4 Å². The molecular formula is C6H12ClK3O7. The van der Waals surface area contributed by atoms with Gasteiger partial charge in [0.1, 0.15) is 0 Å². The van der Waals surface area contributed by atoms with Crippen LogP contribution in [0.1, 0.15) is 12.8 Å². The van der Waals surface area contributed by atoms with Crippen LogP contribution < -0.4 is 0 Å². The Labute approximate surface area is 231 Å². The molecule has 0 saturated carbocycles. The molecule has 17 heavy (non-hydrogen) atoms. The molecular weight excluding hydrogens is 337 g/mol. The molecule has 0 aliphatic heterocycles. The molecule has 0 spiro atoms. The molecule has 0 saturated heterocycles.